The highest BCUT2D eigenvalue weighted by atomic mass is 14.3. The van der Waals surface area contributed by atoms with Crippen molar-refractivity contribution in [1.29, 1.82) is 0 Å². The van der Waals surface area contributed by atoms with Crippen LogP contribution in [0.1, 0.15) is 11.1 Å². The van der Waals surface area contributed by atoms with E-state index in [0.29, 0.717) is 0 Å². The summed E-state index contributed by atoms with van der Waals surface area (Å²) in [5.74, 6) is 0. The third-order valence-corrected chi connectivity index (χ3v) is 11.1. The van der Waals surface area contributed by atoms with Crippen molar-refractivity contribution in [3.05, 3.63) is 157 Å². The van der Waals surface area contributed by atoms with Crippen LogP contribution in [-0.2, 0) is 0 Å². The van der Waals surface area contributed by atoms with Crippen LogP contribution in [0.3, 0.4) is 0 Å². The minimum absolute atomic E-state index is 1.26. The van der Waals surface area contributed by atoms with Crippen LogP contribution in [0.25, 0.3) is 108 Å². The summed E-state index contributed by atoms with van der Waals surface area (Å²) in [4.78, 5) is 0. The molecule has 11 aromatic rings. The van der Waals surface area contributed by atoms with E-state index in [1.54, 1.807) is 0 Å². The van der Waals surface area contributed by atoms with Gasteiger partial charge in [0.2, 0.25) is 0 Å². The van der Waals surface area contributed by atoms with Gasteiger partial charge < -0.3 is 0 Å². The van der Waals surface area contributed by atoms with E-state index in [4.69, 9.17) is 0 Å². The Morgan fingerprint density at radius 2 is 0.875 bits per heavy atom. The molecule has 0 heterocycles. The third-order valence-electron chi connectivity index (χ3n) is 11.1. The molecule has 0 radical (unpaired) electrons. The lowest BCUT2D eigenvalue weighted by atomic mass is 9.85. The van der Waals surface area contributed by atoms with Crippen LogP contribution in [0.5, 0.6) is 0 Å². The van der Waals surface area contributed by atoms with Crippen LogP contribution in [-0.4, -0.2) is 0 Å². The van der Waals surface area contributed by atoms with Crippen molar-refractivity contribution in [2.24, 2.45) is 0 Å². The minimum atomic E-state index is 1.26. The molecule has 0 aliphatic rings. The molecule has 0 amide bonds. The number of fused-ring (bicyclic) bond motifs is 9. The summed E-state index contributed by atoms with van der Waals surface area (Å²) in [5.41, 5.74) is 7.79. The average molecular weight is 607 g/mol. The van der Waals surface area contributed by atoms with Gasteiger partial charge in [0.25, 0.3) is 0 Å². The second-order valence-corrected chi connectivity index (χ2v) is 13.7. The summed E-state index contributed by atoms with van der Waals surface area (Å²) in [5, 5.41) is 21.4. The number of aryl methyl sites for hydroxylation is 2. The quantitative estimate of drug-likeness (QED) is 0.172. The van der Waals surface area contributed by atoms with Crippen LogP contribution < -0.4 is 0 Å². The zero-order chi connectivity index (χ0) is 31.7. The van der Waals surface area contributed by atoms with Gasteiger partial charge in [-0.15, -0.1) is 0 Å². The maximum atomic E-state index is 2.52. The van der Waals surface area contributed by atoms with Gasteiger partial charge in [0, 0.05) is 0 Å². The van der Waals surface area contributed by atoms with E-state index in [2.05, 4.69) is 159 Å². The monoisotopic (exact) mass is 606 g/mol. The molecule has 0 atom stereocenters. The van der Waals surface area contributed by atoms with Crippen molar-refractivity contribution in [2.45, 2.75) is 13.8 Å². The Kier molecular flexibility index (Phi) is 5.07. The highest BCUT2D eigenvalue weighted by Gasteiger charge is 2.26. The summed E-state index contributed by atoms with van der Waals surface area (Å²) < 4.78 is 0. The molecular formula is C48H30. The summed E-state index contributed by atoms with van der Waals surface area (Å²) in [6.45, 7) is 4.50. The maximum Gasteiger partial charge on any atom is -0.000474 e. The molecule has 0 spiro atoms. The van der Waals surface area contributed by atoms with Crippen molar-refractivity contribution < 1.29 is 0 Å². The van der Waals surface area contributed by atoms with Crippen molar-refractivity contribution >= 4 is 86.2 Å². The second kappa shape index (κ2) is 9.31. The van der Waals surface area contributed by atoms with Crippen LogP contribution in [0.2, 0.25) is 0 Å². The van der Waals surface area contributed by atoms with Crippen molar-refractivity contribution in [3.8, 4) is 22.3 Å². The first-order valence-electron chi connectivity index (χ1n) is 16.9. The molecule has 0 unspecified atom stereocenters. The van der Waals surface area contributed by atoms with Crippen LogP contribution in [0, 0.1) is 13.8 Å². The first-order valence-corrected chi connectivity index (χ1v) is 16.9. The van der Waals surface area contributed by atoms with Gasteiger partial charge in [0.15, 0.2) is 0 Å². The molecule has 0 aliphatic carbocycles. The second-order valence-electron chi connectivity index (χ2n) is 13.7. The first kappa shape index (κ1) is 26.1. The lowest BCUT2D eigenvalue weighted by Crippen LogP contribution is -1.90. The molecule has 0 aliphatic heterocycles. The Bertz CT molecular complexity index is 3090. The number of benzene rings is 9. The van der Waals surface area contributed by atoms with Crippen LogP contribution in [0.4, 0.5) is 0 Å². The van der Waals surface area contributed by atoms with Crippen molar-refractivity contribution in [2.75, 3.05) is 0 Å². The predicted octanol–water partition coefficient (Wildman–Crippen LogP) is 13.7. The van der Waals surface area contributed by atoms with Crippen molar-refractivity contribution in [3.63, 3.8) is 0 Å². The summed E-state index contributed by atoms with van der Waals surface area (Å²) in [6.07, 6.45) is 0. The van der Waals surface area contributed by atoms with Crippen LogP contribution in [0.15, 0.2) is 146 Å². The molecular weight excluding hydrogens is 577 g/mol. The first-order chi connectivity index (χ1) is 23.7. The number of hydrogen-bond donors (Lipinski definition) is 0. The summed E-state index contributed by atoms with van der Waals surface area (Å²) >= 11 is 0. The Morgan fingerprint density at radius 1 is 0.292 bits per heavy atom. The van der Waals surface area contributed by atoms with Gasteiger partial charge in [0.05, 0.1) is 0 Å². The Hall–Kier alpha value is -5.98. The zero-order valence-corrected chi connectivity index (χ0v) is 26.9. The largest absolute Gasteiger partial charge is 0.0622 e. The molecule has 0 aromatic heterocycles. The highest BCUT2D eigenvalue weighted by molar-refractivity contribution is 6.44. The number of rotatable bonds is 2. The van der Waals surface area contributed by atoms with Gasteiger partial charge in [-0.1, -0.05) is 133 Å². The van der Waals surface area contributed by atoms with Gasteiger partial charge in [-0.2, -0.15) is 0 Å². The zero-order valence-electron chi connectivity index (χ0n) is 26.9. The van der Waals surface area contributed by atoms with Crippen molar-refractivity contribution in [1.82, 2.24) is 0 Å². The fourth-order valence-electron chi connectivity index (χ4n) is 9.10. The molecule has 0 N–H and O–H groups in total. The smallest absolute Gasteiger partial charge is 0.000474 e. The molecule has 0 heteroatoms. The third kappa shape index (κ3) is 3.29. The molecule has 0 fully saturated rings. The lowest BCUT2D eigenvalue weighted by molar-refractivity contribution is 1.51. The van der Waals surface area contributed by atoms with E-state index in [9.17, 15) is 0 Å². The Labute approximate surface area is 278 Å². The summed E-state index contributed by atoms with van der Waals surface area (Å²) in [6, 6.07) is 54.9. The van der Waals surface area contributed by atoms with Crippen LogP contribution >= 0.6 is 0 Å². The molecule has 11 aromatic carbocycles. The SMILES string of the molecule is Cc1ccc2c(c1)cc1c3c(-c4ccccc4)c4cc5c(cc4c(-c4ccccc4)c3c3c(C)ccc2c13)c1cccc2cccc5c21. The molecule has 0 bridgehead atoms. The van der Waals surface area contributed by atoms with Gasteiger partial charge in [-0.25, -0.2) is 0 Å². The van der Waals surface area contributed by atoms with E-state index in [1.165, 1.54) is 120 Å². The minimum Gasteiger partial charge on any atom is -0.0622 e. The van der Waals surface area contributed by atoms with E-state index in [1.807, 2.05) is 0 Å². The van der Waals surface area contributed by atoms with E-state index >= 15 is 0 Å². The Balaban J connectivity index is 1.50. The summed E-state index contributed by atoms with van der Waals surface area (Å²) in [7, 11) is 0. The number of hydrogen-bond acceptors (Lipinski definition) is 0. The molecule has 222 valence electrons. The fraction of sp³-hybridized carbons (Fsp3) is 0.0417. The molecule has 0 nitrogen and oxygen atoms in total. The van der Waals surface area contributed by atoms with Gasteiger partial charge in [-0.3, -0.25) is 0 Å². The lowest BCUT2D eigenvalue weighted by Gasteiger charge is -2.17. The Morgan fingerprint density at radius 3 is 1.52 bits per heavy atom. The molecule has 0 saturated heterocycles. The molecule has 11 rings (SSSR count). The highest BCUT2D eigenvalue weighted by Crippen LogP contribution is 2.54. The van der Waals surface area contributed by atoms with Gasteiger partial charge >= 0.3 is 0 Å². The standard InChI is InChI=1S/C48H30/c1-27-19-21-33-32(23-27)24-41-46-36(33)22-20-28(2)42(46)48-45(31-13-7-4-8-14-31)40-26-38-35-18-10-16-29-15-9-17-34(43(29)35)37(38)25-39(40)44(47(41)48)30-11-5-3-6-12-30/h3-26H,1-2H3. The van der Waals surface area contributed by atoms with Gasteiger partial charge in [-0.05, 0) is 146 Å². The topological polar surface area (TPSA) is 0 Å². The fourth-order valence-corrected chi connectivity index (χ4v) is 9.10. The van der Waals surface area contributed by atoms with E-state index in [0.717, 1.165) is 0 Å². The molecule has 48 heavy (non-hydrogen) atoms. The molecule has 0 saturated carbocycles. The maximum absolute atomic E-state index is 2.52. The van der Waals surface area contributed by atoms with E-state index < -0.39 is 0 Å². The predicted molar refractivity (Wildman–Crippen MR) is 209 cm³/mol. The average Bonchev–Trinajstić information content (AvgIpc) is 3.62. The van der Waals surface area contributed by atoms with Gasteiger partial charge in [0.1, 0.15) is 0 Å². The van der Waals surface area contributed by atoms with E-state index in [-0.39, 0.29) is 0 Å². The normalized spacial score (nSPS) is 12.4.